The van der Waals surface area contributed by atoms with E-state index in [0.29, 0.717) is 18.0 Å². The first-order chi connectivity index (χ1) is 7.49. The summed E-state index contributed by atoms with van der Waals surface area (Å²) in [5.74, 6) is 0.319. The Hall–Kier alpha value is -1.16. The van der Waals surface area contributed by atoms with Gasteiger partial charge in [-0.25, -0.2) is 0 Å². The van der Waals surface area contributed by atoms with Crippen LogP contribution in [0.25, 0.3) is 0 Å². The third-order valence-corrected chi connectivity index (χ3v) is 2.73. The average molecular weight is 238 g/mol. The van der Waals surface area contributed by atoms with Crippen LogP contribution in [0.4, 0.5) is 0 Å². The lowest BCUT2D eigenvalue weighted by molar-refractivity contribution is 0.595. The first-order valence-electron chi connectivity index (χ1n) is 5.52. The van der Waals surface area contributed by atoms with Gasteiger partial charge in [-0.3, -0.25) is 4.79 Å². The van der Waals surface area contributed by atoms with Crippen LogP contribution in [-0.2, 0) is 6.54 Å². The summed E-state index contributed by atoms with van der Waals surface area (Å²) in [4.78, 5) is 12.3. The molecule has 0 aliphatic carbocycles. The molecular weight excluding hydrogens is 220 g/mol. The van der Waals surface area contributed by atoms with Crippen molar-refractivity contribution in [3.05, 3.63) is 33.7 Å². The van der Waals surface area contributed by atoms with Crippen LogP contribution >= 0.6 is 12.2 Å². The van der Waals surface area contributed by atoms with Gasteiger partial charge >= 0.3 is 0 Å². The number of hydrogen-bond acceptors (Lipinski definition) is 2. The maximum atomic E-state index is 12.1. The third kappa shape index (κ3) is 2.50. The Morgan fingerprint density at radius 2 is 2.12 bits per heavy atom. The van der Waals surface area contributed by atoms with E-state index < -0.39 is 0 Å². The molecule has 0 aliphatic heterocycles. The minimum Gasteiger partial charge on any atom is -0.389 e. The predicted molar refractivity (Wildman–Crippen MR) is 71.0 cm³/mol. The second-order valence-electron chi connectivity index (χ2n) is 4.15. The Morgan fingerprint density at radius 3 is 2.56 bits per heavy atom. The fourth-order valence-corrected chi connectivity index (χ4v) is 1.89. The van der Waals surface area contributed by atoms with E-state index >= 15 is 0 Å². The van der Waals surface area contributed by atoms with E-state index in [1.165, 1.54) is 0 Å². The number of pyridine rings is 1. The van der Waals surface area contributed by atoms with Crippen LogP contribution < -0.4 is 11.3 Å². The molecule has 3 nitrogen and oxygen atoms in total. The van der Waals surface area contributed by atoms with Crippen LogP contribution in [0.2, 0.25) is 0 Å². The van der Waals surface area contributed by atoms with Crippen LogP contribution in [0.1, 0.15) is 44.4 Å². The number of nitrogens with zero attached hydrogens (tertiary/aromatic N) is 1. The average Bonchev–Trinajstić information content (AvgIpc) is 2.20. The second-order valence-corrected chi connectivity index (χ2v) is 4.59. The summed E-state index contributed by atoms with van der Waals surface area (Å²) >= 11 is 4.87. The molecule has 1 heterocycles. The third-order valence-electron chi connectivity index (χ3n) is 2.51. The fraction of sp³-hybridized carbons (Fsp3) is 0.500. The molecule has 0 unspecified atom stereocenters. The number of rotatable bonds is 4. The SMILES string of the molecule is CCCn1c(C(C)C)ccc(C(N)=S)c1=O. The lowest BCUT2D eigenvalue weighted by atomic mass is 10.1. The van der Waals surface area contributed by atoms with Crippen molar-refractivity contribution < 1.29 is 0 Å². The van der Waals surface area contributed by atoms with Gasteiger partial charge in [-0.15, -0.1) is 0 Å². The van der Waals surface area contributed by atoms with Crippen molar-refractivity contribution in [3.63, 3.8) is 0 Å². The molecule has 88 valence electrons. The van der Waals surface area contributed by atoms with Crippen molar-refractivity contribution in [3.8, 4) is 0 Å². The summed E-state index contributed by atoms with van der Waals surface area (Å²) in [6, 6.07) is 3.67. The Labute approximate surface area is 101 Å². The minimum atomic E-state index is -0.0689. The summed E-state index contributed by atoms with van der Waals surface area (Å²) in [6.07, 6.45) is 0.917. The first-order valence-corrected chi connectivity index (χ1v) is 5.93. The van der Waals surface area contributed by atoms with Crippen molar-refractivity contribution in [2.75, 3.05) is 0 Å². The maximum absolute atomic E-state index is 12.1. The smallest absolute Gasteiger partial charge is 0.261 e. The van der Waals surface area contributed by atoms with E-state index in [4.69, 9.17) is 18.0 Å². The summed E-state index contributed by atoms with van der Waals surface area (Å²) in [5.41, 5.74) is 6.93. The van der Waals surface area contributed by atoms with Gasteiger partial charge in [0.25, 0.3) is 5.56 Å². The standard InChI is InChI=1S/C12H18N2OS/c1-4-7-14-10(8(2)3)6-5-9(11(13)16)12(14)15/h5-6,8H,4,7H2,1-3H3,(H2,13,16). The molecule has 2 N–H and O–H groups in total. The lowest BCUT2D eigenvalue weighted by Crippen LogP contribution is -2.31. The van der Waals surface area contributed by atoms with Crippen molar-refractivity contribution in [1.29, 1.82) is 0 Å². The highest BCUT2D eigenvalue weighted by molar-refractivity contribution is 7.80. The zero-order valence-electron chi connectivity index (χ0n) is 9.99. The maximum Gasteiger partial charge on any atom is 0.261 e. The van der Waals surface area contributed by atoms with Gasteiger partial charge in [0.2, 0.25) is 0 Å². The molecule has 4 heteroatoms. The summed E-state index contributed by atoms with van der Waals surface area (Å²) in [7, 11) is 0. The van der Waals surface area contributed by atoms with Gasteiger partial charge in [0.15, 0.2) is 0 Å². The van der Waals surface area contributed by atoms with Gasteiger partial charge in [0, 0.05) is 12.2 Å². The molecule has 1 aromatic heterocycles. The number of hydrogen-bond donors (Lipinski definition) is 1. The number of aromatic nitrogens is 1. The van der Waals surface area contributed by atoms with Crippen LogP contribution in [-0.4, -0.2) is 9.56 Å². The molecule has 0 aromatic carbocycles. The summed E-state index contributed by atoms with van der Waals surface area (Å²) < 4.78 is 1.78. The highest BCUT2D eigenvalue weighted by Crippen LogP contribution is 2.13. The molecule has 0 saturated carbocycles. The van der Waals surface area contributed by atoms with Crippen molar-refractivity contribution >= 4 is 17.2 Å². The Kier molecular flexibility index (Phi) is 4.24. The molecule has 0 fully saturated rings. The molecule has 0 amide bonds. The Balaban J connectivity index is 3.42. The van der Waals surface area contributed by atoms with E-state index in [0.717, 1.165) is 12.1 Å². The largest absolute Gasteiger partial charge is 0.389 e. The van der Waals surface area contributed by atoms with E-state index in [1.807, 2.05) is 13.0 Å². The van der Waals surface area contributed by atoms with Gasteiger partial charge in [0.1, 0.15) is 4.99 Å². The zero-order chi connectivity index (χ0) is 12.3. The number of nitrogens with two attached hydrogens (primary N) is 1. The first kappa shape index (κ1) is 12.9. The van der Waals surface area contributed by atoms with Crippen LogP contribution in [0.5, 0.6) is 0 Å². The highest BCUT2D eigenvalue weighted by Gasteiger charge is 2.11. The van der Waals surface area contributed by atoms with Crippen molar-refractivity contribution in [2.45, 2.75) is 39.7 Å². The van der Waals surface area contributed by atoms with Gasteiger partial charge < -0.3 is 10.3 Å². The molecule has 0 aliphatic rings. The lowest BCUT2D eigenvalue weighted by Gasteiger charge is -2.16. The number of thiocarbonyl (C=S) groups is 1. The van der Waals surface area contributed by atoms with Crippen LogP contribution in [0.3, 0.4) is 0 Å². The predicted octanol–water partition coefficient (Wildman–Crippen LogP) is 2.02. The molecule has 0 spiro atoms. The van der Waals surface area contributed by atoms with Crippen LogP contribution in [0, 0.1) is 0 Å². The molecule has 0 saturated heterocycles. The normalized spacial score (nSPS) is 10.8. The summed E-state index contributed by atoms with van der Waals surface area (Å²) in [5, 5.41) is 0. The Bertz CT molecular complexity index is 449. The van der Waals surface area contributed by atoms with Gasteiger partial charge in [-0.2, -0.15) is 0 Å². The summed E-state index contributed by atoms with van der Waals surface area (Å²) in [6.45, 7) is 6.90. The molecular formula is C12H18N2OS. The topological polar surface area (TPSA) is 48.0 Å². The van der Waals surface area contributed by atoms with Crippen molar-refractivity contribution in [1.82, 2.24) is 4.57 Å². The van der Waals surface area contributed by atoms with Gasteiger partial charge in [-0.05, 0) is 24.5 Å². The second kappa shape index (κ2) is 5.25. The quantitative estimate of drug-likeness (QED) is 0.816. The molecule has 16 heavy (non-hydrogen) atoms. The van der Waals surface area contributed by atoms with Crippen LogP contribution in [0.15, 0.2) is 16.9 Å². The highest BCUT2D eigenvalue weighted by atomic mass is 32.1. The minimum absolute atomic E-state index is 0.0689. The fourth-order valence-electron chi connectivity index (χ4n) is 1.74. The monoisotopic (exact) mass is 238 g/mol. The zero-order valence-corrected chi connectivity index (χ0v) is 10.8. The molecule has 1 rings (SSSR count). The molecule has 0 bridgehead atoms. The van der Waals surface area contributed by atoms with E-state index in [9.17, 15) is 4.79 Å². The molecule has 0 radical (unpaired) electrons. The van der Waals surface area contributed by atoms with E-state index in [-0.39, 0.29) is 10.5 Å². The van der Waals surface area contributed by atoms with Gasteiger partial charge in [-0.1, -0.05) is 33.0 Å². The molecule has 0 atom stereocenters. The molecule has 1 aromatic rings. The van der Waals surface area contributed by atoms with Crippen molar-refractivity contribution in [2.24, 2.45) is 5.73 Å². The Morgan fingerprint density at radius 1 is 1.50 bits per heavy atom. The van der Waals surface area contributed by atoms with E-state index in [1.54, 1.807) is 10.6 Å². The van der Waals surface area contributed by atoms with Gasteiger partial charge in [0.05, 0.1) is 5.56 Å². The van der Waals surface area contributed by atoms with E-state index in [2.05, 4.69) is 13.8 Å².